The molecule has 112 valence electrons. The van der Waals surface area contributed by atoms with Gasteiger partial charge in [0.15, 0.2) is 11.6 Å². The maximum atomic E-state index is 13.7. The molecule has 0 aromatic heterocycles. The van der Waals surface area contributed by atoms with Crippen molar-refractivity contribution in [3.8, 4) is 0 Å². The molecule has 1 N–H and O–H groups in total. The summed E-state index contributed by atoms with van der Waals surface area (Å²) in [5.41, 5.74) is 1.14. The first-order chi connectivity index (χ1) is 10.0. The molecule has 5 heteroatoms. The number of hydrogen-bond donors (Lipinski definition) is 1. The van der Waals surface area contributed by atoms with Crippen molar-refractivity contribution in [2.75, 3.05) is 7.05 Å². The quantitative estimate of drug-likeness (QED) is 0.875. The molecule has 0 aliphatic heterocycles. The Bertz CT molecular complexity index is 631. The van der Waals surface area contributed by atoms with Gasteiger partial charge in [0.25, 0.3) is 0 Å². The van der Waals surface area contributed by atoms with Gasteiger partial charge in [0.1, 0.15) is 5.82 Å². The minimum atomic E-state index is -0.854. The summed E-state index contributed by atoms with van der Waals surface area (Å²) < 4.78 is 40.0. The minimum absolute atomic E-state index is 0.0549. The van der Waals surface area contributed by atoms with Gasteiger partial charge in [-0.25, -0.2) is 13.2 Å². The second-order valence-electron chi connectivity index (χ2n) is 4.86. The van der Waals surface area contributed by atoms with E-state index in [1.165, 1.54) is 12.1 Å². The molecule has 0 aliphatic rings. The van der Waals surface area contributed by atoms with Gasteiger partial charge < -0.3 is 5.32 Å². The number of benzene rings is 2. The molecule has 0 amide bonds. The second kappa shape index (κ2) is 6.96. The van der Waals surface area contributed by atoms with E-state index < -0.39 is 17.5 Å². The van der Waals surface area contributed by atoms with Gasteiger partial charge in [0, 0.05) is 6.04 Å². The first-order valence-electron chi connectivity index (χ1n) is 6.55. The summed E-state index contributed by atoms with van der Waals surface area (Å²) in [5.74, 6) is -2.15. The summed E-state index contributed by atoms with van der Waals surface area (Å²) in [6.45, 7) is 0. The van der Waals surface area contributed by atoms with Gasteiger partial charge in [-0.05, 0) is 49.2 Å². The number of rotatable bonds is 5. The Morgan fingerprint density at radius 1 is 1.05 bits per heavy atom. The molecule has 1 atom stereocenters. The molecule has 1 unspecified atom stereocenters. The van der Waals surface area contributed by atoms with Crippen molar-refractivity contribution >= 4 is 11.6 Å². The Morgan fingerprint density at radius 3 is 2.48 bits per heavy atom. The minimum Gasteiger partial charge on any atom is -0.316 e. The highest BCUT2D eigenvalue weighted by molar-refractivity contribution is 6.30. The maximum absolute atomic E-state index is 13.7. The van der Waals surface area contributed by atoms with E-state index in [0.29, 0.717) is 18.4 Å². The molecule has 0 spiro atoms. The molecule has 0 saturated carbocycles. The molecule has 0 heterocycles. The Balaban J connectivity index is 2.13. The summed E-state index contributed by atoms with van der Waals surface area (Å²) >= 11 is 5.74. The van der Waals surface area contributed by atoms with Crippen molar-refractivity contribution in [2.45, 2.75) is 18.9 Å². The number of hydrogen-bond acceptors (Lipinski definition) is 1. The highest BCUT2D eigenvalue weighted by Crippen LogP contribution is 2.19. The molecule has 0 saturated heterocycles. The first-order valence-corrected chi connectivity index (χ1v) is 6.93. The summed E-state index contributed by atoms with van der Waals surface area (Å²) in [6, 6.07) is 8.50. The van der Waals surface area contributed by atoms with Crippen LogP contribution in [-0.4, -0.2) is 13.1 Å². The number of halogens is 4. The summed E-state index contributed by atoms with van der Waals surface area (Å²) in [6.07, 6.45) is 0.863. The molecule has 0 radical (unpaired) electrons. The lowest BCUT2D eigenvalue weighted by molar-refractivity contribution is 0.482. The first kappa shape index (κ1) is 15.9. The van der Waals surface area contributed by atoms with E-state index in [-0.39, 0.29) is 11.1 Å². The Morgan fingerprint density at radius 2 is 1.81 bits per heavy atom. The largest absolute Gasteiger partial charge is 0.316 e. The number of nitrogens with one attached hydrogen (secondary N) is 1. The zero-order chi connectivity index (χ0) is 15.4. The third kappa shape index (κ3) is 3.99. The van der Waals surface area contributed by atoms with Crippen LogP contribution in [0, 0.1) is 17.5 Å². The van der Waals surface area contributed by atoms with Gasteiger partial charge in [-0.2, -0.15) is 0 Å². The van der Waals surface area contributed by atoms with E-state index in [9.17, 15) is 13.2 Å². The zero-order valence-corrected chi connectivity index (χ0v) is 12.2. The topological polar surface area (TPSA) is 12.0 Å². The van der Waals surface area contributed by atoms with Crippen LogP contribution in [0.3, 0.4) is 0 Å². The van der Waals surface area contributed by atoms with Crippen molar-refractivity contribution in [1.29, 1.82) is 0 Å². The summed E-state index contributed by atoms with van der Waals surface area (Å²) in [5, 5.41) is 3.11. The number of likely N-dealkylation sites (N-methyl/N-ethyl adjacent to an activating group) is 1. The predicted octanol–water partition coefficient (Wildman–Crippen LogP) is 4.13. The second-order valence-corrected chi connectivity index (χ2v) is 5.26. The van der Waals surface area contributed by atoms with E-state index in [1.54, 1.807) is 25.2 Å². The normalized spacial score (nSPS) is 12.4. The zero-order valence-electron chi connectivity index (χ0n) is 11.5. The highest BCUT2D eigenvalue weighted by atomic mass is 35.5. The average Bonchev–Trinajstić information content (AvgIpc) is 2.47. The van der Waals surface area contributed by atoms with Crippen LogP contribution in [0.15, 0.2) is 36.4 Å². The van der Waals surface area contributed by atoms with Crippen LogP contribution in [0.1, 0.15) is 11.1 Å². The predicted molar refractivity (Wildman–Crippen MR) is 78.0 cm³/mol. The monoisotopic (exact) mass is 313 g/mol. The van der Waals surface area contributed by atoms with Crippen LogP contribution < -0.4 is 5.32 Å². The van der Waals surface area contributed by atoms with Gasteiger partial charge >= 0.3 is 0 Å². The Labute approximate surface area is 126 Å². The Hall–Kier alpha value is -1.52. The van der Waals surface area contributed by atoms with Gasteiger partial charge in [-0.15, -0.1) is 0 Å². The van der Waals surface area contributed by atoms with Crippen molar-refractivity contribution in [2.24, 2.45) is 0 Å². The van der Waals surface area contributed by atoms with Gasteiger partial charge in [-0.1, -0.05) is 29.8 Å². The lowest BCUT2D eigenvalue weighted by Gasteiger charge is -2.17. The third-order valence-corrected chi connectivity index (χ3v) is 3.66. The fourth-order valence-electron chi connectivity index (χ4n) is 2.20. The maximum Gasteiger partial charge on any atom is 0.162 e. The van der Waals surface area contributed by atoms with Crippen LogP contribution in [0.25, 0.3) is 0 Å². The summed E-state index contributed by atoms with van der Waals surface area (Å²) in [4.78, 5) is 0. The average molecular weight is 314 g/mol. The molecule has 1 nitrogen and oxygen atoms in total. The van der Waals surface area contributed by atoms with Gasteiger partial charge in [-0.3, -0.25) is 0 Å². The lowest BCUT2D eigenvalue weighted by Crippen LogP contribution is -2.30. The van der Waals surface area contributed by atoms with Crippen molar-refractivity contribution in [1.82, 2.24) is 5.32 Å². The molecule has 2 rings (SSSR count). The smallest absolute Gasteiger partial charge is 0.162 e. The van der Waals surface area contributed by atoms with Crippen molar-refractivity contribution < 1.29 is 13.2 Å². The molecule has 21 heavy (non-hydrogen) atoms. The van der Waals surface area contributed by atoms with Crippen molar-refractivity contribution in [3.63, 3.8) is 0 Å². The van der Waals surface area contributed by atoms with Crippen LogP contribution in [-0.2, 0) is 12.8 Å². The van der Waals surface area contributed by atoms with Crippen LogP contribution in [0.4, 0.5) is 13.2 Å². The molecule has 0 fully saturated rings. The molecule has 2 aromatic rings. The standard InChI is InChI=1S/C16H15ClF3N/c1-21-12(7-10-5-6-14(18)13(17)8-10)9-11-3-2-4-15(19)16(11)20/h2-6,8,12,21H,7,9H2,1H3. The van der Waals surface area contributed by atoms with Crippen LogP contribution in [0.2, 0.25) is 5.02 Å². The molecular weight excluding hydrogens is 299 g/mol. The van der Waals surface area contributed by atoms with Gasteiger partial charge in [0.05, 0.1) is 5.02 Å². The molecule has 0 aliphatic carbocycles. The fraction of sp³-hybridized carbons (Fsp3) is 0.250. The highest BCUT2D eigenvalue weighted by Gasteiger charge is 2.14. The van der Waals surface area contributed by atoms with Crippen LogP contribution in [0.5, 0.6) is 0 Å². The van der Waals surface area contributed by atoms with E-state index in [0.717, 1.165) is 11.6 Å². The third-order valence-electron chi connectivity index (χ3n) is 3.37. The van der Waals surface area contributed by atoms with E-state index in [2.05, 4.69) is 5.32 Å². The van der Waals surface area contributed by atoms with E-state index >= 15 is 0 Å². The lowest BCUT2D eigenvalue weighted by atomic mass is 9.98. The van der Waals surface area contributed by atoms with E-state index in [1.807, 2.05) is 0 Å². The molecular formula is C16H15ClF3N. The summed E-state index contributed by atoms with van der Waals surface area (Å²) in [7, 11) is 1.74. The Kier molecular flexibility index (Phi) is 5.26. The van der Waals surface area contributed by atoms with Gasteiger partial charge in [0.2, 0.25) is 0 Å². The molecule has 2 aromatic carbocycles. The fourth-order valence-corrected chi connectivity index (χ4v) is 2.40. The van der Waals surface area contributed by atoms with E-state index in [4.69, 9.17) is 11.6 Å². The SMILES string of the molecule is CNC(Cc1ccc(F)c(Cl)c1)Cc1cccc(F)c1F. The van der Waals surface area contributed by atoms with Crippen molar-refractivity contribution in [3.05, 3.63) is 70.0 Å². The molecule has 0 bridgehead atoms. The van der Waals surface area contributed by atoms with Crippen LogP contribution >= 0.6 is 11.6 Å².